The fraction of sp³-hybridized carbons (Fsp3) is 0.250. The van der Waals surface area contributed by atoms with Crippen LogP contribution in [0.25, 0.3) is 0 Å². The number of nitrogens with two attached hydrogens (primary N) is 1. The number of halogens is 2. The van der Waals surface area contributed by atoms with Crippen molar-refractivity contribution in [1.29, 1.82) is 0 Å². The SMILES string of the molecule is CCN(N)c1ccccc1.Cl.Cl. The first-order valence-corrected chi connectivity index (χ1v) is 3.42. The molecule has 0 aliphatic heterocycles. The summed E-state index contributed by atoms with van der Waals surface area (Å²) in [5.41, 5.74) is 1.06. The normalized spacial score (nSPS) is 7.83. The molecule has 0 radical (unpaired) electrons. The van der Waals surface area contributed by atoms with Crippen LogP contribution in [-0.4, -0.2) is 6.54 Å². The summed E-state index contributed by atoms with van der Waals surface area (Å²) < 4.78 is 0. The molecule has 0 spiro atoms. The van der Waals surface area contributed by atoms with E-state index in [1.165, 1.54) is 0 Å². The van der Waals surface area contributed by atoms with E-state index in [1.807, 2.05) is 37.3 Å². The van der Waals surface area contributed by atoms with Crippen LogP contribution in [0.1, 0.15) is 6.92 Å². The zero-order chi connectivity index (χ0) is 7.40. The molecule has 1 aromatic rings. The Bertz CT molecular complexity index is 192. The quantitative estimate of drug-likeness (QED) is 0.597. The topological polar surface area (TPSA) is 29.3 Å². The van der Waals surface area contributed by atoms with Crippen LogP contribution in [0, 0.1) is 0 Å². The molecular weight excluding hydrogens is 195 g/mol. The lowest BCUT2D eigenvalue weighted by Crippen LogP contribution is -2.29. The first-order chi connectivity index (χ1) is 4.84. The lowest BCUT2D eigenvalue weighted by atomic mass is 10.3. The molecule has 0 aliphatic carbocycles. The van der Waals surface area contributed by atoms with E-state index in [4.69, 9.17) is 5.84 Å². The Morgan fingerprint density at radius 1 is 1.17 bits per heavy atom. The van der Waals surface area contributed by atoms with Crippen LogP contribution in [-0.2, 0) is 0 Å². The van der Waals surface area contributed by atoms with Crippen LogP contribution in [0.3, 0.4) is 0 Å². The largest absolute Gasteiger partial charge is 0.311 e. The van der Waals surface area contributed by atoms with Crippen molar-refractivity contribution in [2.45, 2.75) is 6.92 Å². The van der Waals surface area contributed by atoms with Gasteiger partial charge in [-0.1, -0.05) is 18.2 Å². The highest BCUT2D eigenvalue weighted by atomic mass is 35.5. The van der Waals surface area contributed by atoms with E-state index in [9.17, 15) is 0 Å². The van der Waals surface area contributed by atoms with E-state index in [1.54, 1.807) is 5.01 Å². The Hall–Kier alpha value is -0.440. The third-order valence-electron chi connectivity index (χ3n) is 1.43. The molecule has 0 aromatic heterocycles. The van der Waals surface area contributed by atoms with Gasteiger partial charge in [0, 0.05) is 6.54 Å². The molecule has 70 valence electrons. The highest BCUT2D eigenvalue weighted by molar-refractivity contribution is 5.85. The molecule has 12 heavy (non-hydrogen) atoms. The smallest absolute Gasteiger partial charge is 0.0517 e. The van der Waals surface area contributed by atoms with E-state index in [-0.39, 0.29) is 24.8 Å². The fourth-order valence-electron chi connectivity index (χ4n) is 0.802. The van der Waals surface area contributed by atoms with Gasteiger partial charge in [-0.15, -0.1) is 24.8 Å². The lowest BCUT2D eigenvalue weighted by molar-refractivity contribution is 0.892. The molecule has 1 rings (SSSR count). The Kier molecular flexibility index (Phi) is 8.49. The minimum Gasteiger partial charge on any atom is -0.311 e. The summed E-state index contributed by atoms with van der Waals surface area (Å²) in [4.78, 5) is 0. The van der Waals surface area contributed by atoms with Crippen molar-refractivity contribution in [3.8, 4) is 0 Å². The van der Waals surface area contributed by atoms with Crippen LogP contribution < -0.4 is 10.9 Å². The molecule has 0 amide bonds. The minimum atomic E-state index is 0. The molecule has 0 heterocycles. The van der Waals surface area contributed by atoms with E-state index in [0.29, 0.717) is 0 Å². The molecule has 2 nitrogen and oxygen atoms in total. The third-order valence-corrected chi connectivity index (χ3v) is 1.43. The van der Waals surface area contributed by atoms with Gasteiger partial charge in [0.15, 0.2) is 0 Å². The Balaban J connectivity index is 0. The second-order valence-corrected chi connectivity index (χ2v) is 2.12. The number of hydrazine groups is 1. The van der Waals surface area contributed by atoms with Gasteiger partial charge >= 0.3 is 0 Å². The first kappa shape index (κ1) is 14.1. The van der Waals surface area contributed by atoms with Crippen molar-refractivity contribution in [1.82, 2.24) is 0 Å². The van der Waals surface area contributed by atoms with E-state index < -0.39 is 0 Å². The zero-order valence-electron chi connectivity index (χ0n) is 6.93. The zero-order valence-corrected chi connectivity index (χ0v) is 8.57. The van der Waals surface area contributed by atoms with Crippen LogP contribution in [0.15, 0.2) is 30.3 Å². The number of nitrogens with zero attached hydrogens (tertiary/aromatic N) is 1. The molecule has 2 N–H and O–H groups in total. The summed E-state index contributed by atoms with van der Waals surface area (Å²) in [5, 5.41) is 1.71. The van der Waals surface area contributed by atoms with Gasteiger partial charge in [-0.25, -0.2) is 5.84 Å². The van der Waals surface area contributed by atoms with Gasteiger partial charge in [-0.2, -0.15) is 0 Å². The Morgan fingerprint density at radius 2 is 1.67 bits per heavy atom. The summed E-state index contributed by atoms with van der Waals surface area (Å²) in [6, 6.07) is 9.91. The van der Waals surface area contributed by atoms with Crippen LogP contribution in [0.2, 0.25) is 0 Å². The molecule has 0 aliphatic rings. The summed E-state index contributed by atoms with van der Waals surface area (Å²) in [6.07, 6.45) is 0. The maximum atomic E-state index is 5.63. The maximum Gasteiger partial charge on any atom is 0.0517 e. The summed E-state index contributed by atoms with van der Waals surface area (Å²) >= 11 is 0. The van der Waals surface area contributed by atoms with E-state index in [0.717, 1.165) is 12.2 Å². The molecule has 0 fully saturated rings. The first-order valence-electron chi connectivity index (χ1n) is 3.42. The fourth-order valence-corrected chi connectivity index (χ4v) is 0.802. The predicted molar refractivity (Wildman–Crippen MR) is 58.1 cm³/mol. The van der Waals surface area contributed by atoms with Gasteiger partial charge in [-0.3, -0.25) is 0 Å². The average Bonchev–Trinajstić information content (AvgIpc) is 2.05. The third kappa shape index (κ3) is 3.81. The monoisotopic (exact) mass is 208 g/mol. The molecule has 0 saturated carbocycles. The summed E-state index contributed by atoms with van der Waals surface area (Å²) in [7, 11) is 0. The highest BCUT2D eigenvalue weighted by Gasteiger charge is 1.93. The molecule has 0 atom stereocenters. The minimum absolute atomic E-state index is 0. The number of hydrogen-bond donors (Lipinski definition) is 1. The second-order valence-electron chi connectivity index (χ2n) is 2.12. The van der Waals surface area contributed by atoms with Gasteiger partial charge in [0.2, 0.25) is 0 Å². The van der Waals surface area contributed by atoms with Crippen LogP contribution in [0.5, 0.6) is 0 Å². The highest BCUT2D eigenvalue weighted by Crippen LogP contribution is 2.07. The van der Waals surface area contributed by atoms with Crippen molar-refractivity contribution in [2.75, 3.05) is 11.6 Å². The number of benzene rings is 1. The number of anilines is 1. The Labute approximate surface area is 85.5 Å². The van der Waals surface area contributed by atoms with Crippen molar-refractivity contribution in [3.05, 3.63) is 30.3 Å². The van der Waals surface area contributed by atoms with Crippen molar-refractivity contribution in [2.24, 2.45) is 5.84 Å². The van der Waals surface area contributed by atoms with Crippen LogP contribution in [0.4, 0.5) is 5.69 Å². The molecule has 1 aromatic carbocycles. The molecule has 0 saturated heterocycles. The molecule has 0 bridgehead atoms. The van der Waals surface area contributed by atoms with Crippen LogP contribution >= 0.6 is 24.8 Å². The number of para-hydroxylation sites is 1. The summed E-state index contributed by atoms with van der Waals surface area (Å²) in [5.74, 6) is 5.63. The van der Waals surface area contributed by atoms with E-state index >= 15 is 0 Å². The van der Waals surface area contributed by atoms with Gasteiger partial charge in [0.1, 0.15) is 0 Å². The van der Waals surface area contributed by atoms with Gasteiger partial charge in [-0.05, 0) is 19.1 Å². The maximum absolute atomic E-state index is 5.63. The number of rotatable bonds is 2. The molecule has 0 unspecified atom stereocenters. The van der Waals surface area contributed by atoms with Crippen molar-refractivity contribution < 1.29 is 0 Å². The van der Waals surface area contributed by atoms with Gasteiger partial charge < -0.3 is 5.01 Å². The second kappa shape index (κ2) is 7.22. The summed E-state index contributed by atoms with van der Waals surface area (Å²) in [6.45, 7) is 2.86. The number of hydrogen-bond acceptors (Lipinski definition) is 2. The average molecular weight is 209 g/mol. The van der Waals surface area contributed by atoms with Gasteiger partial charge in [0.25, 0.3) is 0 Å². The van der Waals surface area contributed by atoms with Crippen molar-refractivity contribution >= 4 is 30.5 Å². The Morgan fingerprint density at radius 3 is 2.08 bits per heavy atom. The molecule has 4 heteroatoms. The lowest BCUT2D eigenvalue weighted by Gasteiger charge is -2.14. The molecular formula is C8H14Cl2N2. The van der Waals surface area contributed by atoms with Gasteiger partial charge in [0.05, 0.1) is 5.69 Å². The van der Waals surface area contributed by atoms with E-state index in [2.05, 4.69) is 0 Å². The van der Waals surface area contributed by atoms with Crippen molar-refractivity contribution in [3.63, 3.8) is 0 Å². The predicted octanol–water partition coefficient (Wildman–Crippen LogP) is 2.23. The standard InChI is InChI=1S/C8H12N2.2ClH/c1-2-10(9)8-6-4-3-5-7-8;;/h3-7H,2,9H2,1H3;2*1H.